The molecule has 19 heavy (non-hydrogen) atoms. The minimum absolute atomic E-state index is 0.107. The van der Waals surface area contributed by atoms with Gasteiger partial charge in [-0.05, 0) is 25.3 Å². The van der Waals surface area contributed by atoms with Crippen LogP contribution < -0.4 is 0 Å². The molecule has 1 saturated heterocycles. The first-order chi connectivity index (χ1) is 8.69. The summed E-state index contributed by atoms with van der Waals surface area (Å²) in [5, 5.41) is 8.92. The molecular weight excluding hydrogens is 244 g/mol. The van der Waals surface area contributed by atoms with Crippen molar-refractivity contribution in [3.8, 4) is 0 Å². The van der Waals surface area contributed by atoms with Gasteiger partial charge in [0, 0.05) is 19.6 Å². The molecule has 110 valence electrons. The molecule has 0 radical (unpaired) electrons. The average molecular weight is 270 g/mol. The lowest BCUT2D eigenvalue weighted by Crippen LogP contribution is -2.45. The number of hydrogen-bond donors (Lipinski definition) is 1. The van der Waals surface area contributed by atoms with Crippen molar-refractivity contribution in [3.05, 3.63) is 0 Å². The Morgan fingerprint density at radius 3 is 2.21 bits per heavy atom. The number of likely N-dealkylation sites (N-methyl/N-ethyl adjacent to an activating group) is 1. The number of aliphatic carboxylic acids is 1. The van der Waals surface area contributed by atoms with E-state index in [1.165, 1.54) is 0 Å². The van der Waals surface area contributed by atoms with Crippen molar-refractivity contribution >= 4 is 11.9 Å². The van der Waals surface area contributed by atoms with E-state index < -0.39 is 5.97 Å². The molecule has 1 amide bonds. The summed E-state index contributed by atoms with van der Waals surface area (Å²) >= 11 is 0. The fourth-order valence-corrected chi connectivity index (χ4v) is 2.57. The number of hydrogen-bond acceptors (Lipinski definition) is 3. The van der Waals surface area contributed by atoms with Gasteiger partial charge in [-0.25, -0.2) is 0 Å². The zero-order valence-electron chi connectivity index (χ0n) is 12.5. The van der Waals surface area contributed by atoms with Crippen LogP contribution in [-0.2, 0) is 9.59 Å². The van der Waals surface area contributed by atoms with Crippen molar-refractivity contribution in [1.29, 1.82) is 0 Å². The third kappa shape index (κ3) is 5.59. The van der Waals surface area contributed by atoms with Crippen molar-refractivity contribution in [2.75, 3.05) is 33.2 Å². The van der Waals surface area contributed by atoms with Crippen LogP contribution in [0, 0.1) is 11.3 Å². The third-order valence-corrected chi connectivity index (χ3v) is 3.35. The first kappa shape index (κ1) is 16.0. The number of carbonyl (C=O) groups is 2. The van der Waals surface area contributed by atoms with Crippen molar-refractivity contribution in [3.63, 3.8) is 0 Å². The Morgan fingerprint density at radius 2 is 1.79 bits per heavy atom. The van der Waals surface area contributed by atoms with E-state index in [1.54, 1.807) is 4.90 Å². The molecule has 1 fully saturated rings. The Morgan fingerprint density at radius 1 is 1.26 bits per heavy atom. The number of carbonyl (C=O) groups excluding carboxylic acids is 1. The summed E-state index contributed by atoms with van der Waals surface area (Å²) in [5.74, 6) is -0.913. The maximum atomic E-state index is 12.1. The Labute approximate surface area is 115 Å². The smallest absolute Gasteiger partial charge is 0.306 e. The molecule has 0 bridgehead atoms. The molecule has 0 unspecified atom stereocenters. The van der Waals surface area contributed by atoms with E-state index >= 15 is 0 Å². The normalized spacial score (nSPS) is 17.8. The van der Waals surface area contributed by atoms with Crippen molar-refractivity contribution < 1.29 is 14.7 Å². The second kappa shape index (κ2) is 6.37. The van der Waals surface area contributed by atoms with Gasteiger partial charge in [0.2, 0.25) is 5.91 Å². The lowest BCUT2D eigenvalue weighted by Gasteiger charge is -2.32. The minimum atomic E-state index is -0.739. The molecular formula is C14H26N2O3. The molecule has 1 aliphatic heterocycles. The summed E-state index contributed by atoms with van der Waals surface area (Å²) in [6, 6.07) is 0. The zero-order valence-corrected chi connectivity index (χ0v) is 12.5. The topological polar surface area (TPSA) is 60.9 Å². The van der Waals surface area contributed by atoms with E-state index in [4.69, 9.17) is 5.11 Å². The van der Waals surface area contributed by atoms with E-state index in [0.717, 1.165) is 6.54 Å². The fourth-order valence-electron chi connectivity index (χ4n) is 2.57. The summed E-state index contributed by atoms with van der Waals surface area (Å²) in [6.07, 6.45) is 1.15. The van der Waals surface area contributed by atoms with Crippen LogP contribution in [0.25, 0.3) is 0 Å². The van der Waals surface area contributed by atoms with Crippen molar-refractivity contribution in [2.45, 2.75) is 33.6 Å². The number of likely N-dealkylation sites (tertiary alicyclic amines) is 1. The largest absolute Gasteiger partial charge is 0.481 e. The number of amides is 1. The van der Waals surface area contributed by atoms with Crippen molar-refractivity contribution in [1.82, 2.24) is 9.80 Å². The molecule has 0 aromatic carbocycles. The molecule has 5 heteroatoms. The highest BCUT2D eigenvalue weighted by Gasteiger charge is 2.27. The standard InChI is InChI=1S/C14H26N2O3/c1-14(2,3)10-15(4)9-12(17)16-7-5-11(6-8-16)13(18)19/h11H,5-10H2,1-4H3,(H,18,19). The van der Waals surface area contributed by atoms with Crippen LogP contribution >= 0.6 is 0 Å². The summed E-state index contributed by atoms with van der Waals surface area (Å²) in [7, 11) is 1.95. The number of carboxylic acid groups (broad SMARTS) is 1. The summed E-state index contributed by atoms with van der Waals surface area (Å²) in [5.41, 5.74) is 0.172. The van der Waals surface area contributed by atoms with E-state index in [0.29, 0.717) is 32.5 Å². The molecule has 0 aromatic heterocycles. The minimum Gasteiger partial charge on any atom is -0.481 e. The van der Waals surface area contributed by atoms with Gasteiger partial charge in [0.05, 0.1) is 12.5 Å². The molecule has 0 aliphatic carbocycles. The van der Waals surface area contributed by atoms with Gasteiger partial charge in [-0.1, -0.05) is 20.8 Å². The highest BCUT2D eigenvalue weighted by atomic mass is 16.4. The number of rotatable bonds is 4. The van der Waals surface area contributed by atoms with Gasteiger partial charge in [0.25, 0.3) is 0 Å². The van der Waals surface area contributed by atoms with Gasteiger partial charge in [-0.15, -0.1) is 0 Å². The summed E-state index contributed by atoms with van der Waals surface area (Å²) in [6.45, 7) is 8.85. The Kier molecular flexibility index (Phi) is 5.35. The number of carboxylic acids is 1. The highest BCUT2D eigenvalue weighted by molar-refractivity contribution is 5.78. The van der Waals surface area contributed by atoms with Crippen LogP contribution in [0.15, 0.2) is 0 Å². The van der Waals surface area contributed by atoms with Crippen LogP contribution in [0.1, 0.15) is 33.6 Å². The molecule has 1 N–H and O–H groups in total. The molecule has 0 atom stereocenters. The zero-order chi connectivity index (χ0) is 14.6. The molecule has 1 heterocycles. The first-order valence-electron chi connectivity index (χ1n) is 6.88. The fraction of sp³-hybridized carbons (Fsp3) is 0.857. The predicted molar refractivity (Wildman–Crippen MR) is 73.9 cm³/mol. The van der Waals surface area contributed by atoms with Crippen LogP contribution in [0.5, 0.6) is 0 Å². The Hall–Kier alpha value is -1.10. The van der Waals surface area contributed by atoms with Crippen molar-refractivity contribution in [2.24, 2.45) is 11.3 Å². The predicted octanol–water partition coefficient (Wildman–Crippen LogP) is 1.29. The van der Waals surface area contributed by atoms with Crippen LogP contribution in [-0.4, -0.2) is 60.0 Å². The Balaban J connectivity index is 2.37. The SMILES string of the molecule is CN(CC(=O)N1CCC(C(=O)O)CC1)CC(C)(C)C. The van der Waals surface area contributed by atoms with E-state index in [9.17, 15) is 9.59 Å². The molecule has 1 rings (SSSR count). The maximum absolute atomic E-state index is 12.1. The van der Waals surface area contributed by atoms with Gasteiger partial charge in [-0.3, -0.25) is 14.5 Å². The van der Waals surface area contributed by atoms with E-state index in [2.05, 4.69) is 20.8 Å². The number of piperidine rings is 1. The first-order valence-corrected chi connectivity index (χ1v) is 6.88. The molecule has 0 spiro atoms. The average Bonchev–Trinajstić information content (AvgIpc) is 2.26. The molecule has 0 aromatic rings. The monoisotopic (exact) mass is 270 g/mol. The quantitative estimate of drug-likeness (QED) is 0.836. The van der Waals surface area contributed by atoms with Gasteiger partial charge >= 0.3 is 5.97 Å². The lowest BCUT2D eigenvalue weighted by atomic mass is 9.96. The van der Waals surface area contributed by atoms with E-state index in [-0.39, 0.29) is 17.2 Å². The second-order valence-electron chi connectivity index (χ2n) is 6.73. The molecule has 1 aliphatic rings. The van der Waals surface area contributed by atoms with Crippen LogP contribution in [0.2, 0.25) is 0 Å². The van der Waals surface area contributed by atoms with E-state index in [1.807, 2.05) is 11.9 Å². The van der Waals surface area contributed by atoms with Gasteiger partial charge in [-0.2, -0.15) is 0 Å². The molecule has 0 saturated carbocycles. The number of nitrogens with zero attached hydrogens (tertiary/aromatic N) is 2. The third-order valence-electron chi connectivity index (χ3n) is 3.35. The maximum Gasteiger partial charge on any atom is 0.306 e. The van der Waals surface area contributed by atoms with Crippen LogP contribution in [0.4, 0.5) is 0 Å². The highest BCUT2D eigenvalue weighted by Crippen LogP contribution is 2.18. The lowest BCUT2D eigenvalue weighted by molar-refractivity contribution is -0.146. The summed E-state index contributed by atoms with van der Waals surface area (Å²) in [4.78, 5) is 26.8. The van der Waals surface area contributed by atoms with Gasteiger partial charge in [0.15, 0.2) is 0 Å². The van der Waals surface area contributed by atoms with Gasteiger partial charge < -0.3 is 10.0 Å². The Bertz CT molecular complexity index is 328. The van der Waals surface area contributed by atoms with Gasteiger partial charge in [0.1, 0.15) is 0 Å². The van der Waals surface area contributed by atoms with Crippen LogP contribution in [0.3, 0.4) is 0 Å². The summed E-state index contributed by atoms with van der Waals surface area (Å²) < 4.78 is 0. The second-order valence-corrected chi connectivity index (χ2v) is 6.73. The molecule has 5 nitrogen and oxygen atoms in total.